The molecule has 120 valence electrons. The maximum absolute atomic E-state index is 12.2. The summed E-state index contributed by atoms with van der Waals surface area (Å²) in [5.74, 6) is -0.747. The molecule has 8 heteroatoms. The quantitative estimate of drug-likeness (QED) is 0.770. The van der Waals surface area contributed by atoms with Crippen molar-refractivity contribution in [1.29, 1.82) is 0 Å². The molecule has 2 rings (SSSR count). The maximum atomic E-state index is 12.2. The number of amides is 2. The lowest BCUT2D eigenvalue weighted by atomic mass is 9.82. The van der Waals surface area contributed by atoms with Gasteiger partial charge in [-0.1, -0.05) is 0 Å². The zero-order chi connectivity index (χ0) is 15.7. The van der Waals surface area contributed by atoms with E-state index in [2.05, 4.69) is 5.32 Å². The lowest BCUT2D eigenvalue weighted by Gasteiger charge is -2.38. The largest absolute Gasteiger partial charge is 0.481 e. The highest BCUT2D eigenvalue weighted by molar-refractivity contribution is 7.91. The van der Waals surface area contributed by atoms with Crippen LogP contribution in [0.15, 0.2) is 0 Å². The van der Waals surface area contributed by atoms with Gasteiger partial charge in [0.2, 0.25) is 0 Å². The number of hydrogen-bond acceptors (Lipinski definition) is 4. The molecule has 2 heterocycles. The predicted molar refractivity (Wildman–Crippen MR) is 76.8 cm³/mol. The summed E-state index contributed by atoms with van der Waals surface area (Å²) in [6.45, 7) is 2.31. The minimum Gasteiger partial charge on any atom is -0.481 e. The first-order valence-electron chi connectivity index (χ1n) is 7.21. The van der Waals surface area contributed by atoms with E-state index in [1.165, 1.54) is 4.90 Å². The molecule has 2 fully saturated rings. The van der Waals surface area contributed by atoms with Gasteiger partial charge in [0.25, 0.3) is 0 Å². The van der Waals surface area contributed by atoms with Crippen molar-refractivity contribution in [3.63, 3.8) is 0 Å². The number of likely N-dealkylation sites (tertiary alicyclic amines) is 1. The van der Waals surface area contributed by atoms with Gasteiger partial charge in [-0.25, -0.2) is 13.2 Å². The van der Waals surface area contributed by atoms with Crippen molar-refractivity contribution in [2.75, 3.05) is 24.6 Å². The van der Waals surface area contributed by atoms with Crippen molar-refractivity contribution in [2.24, 2.45) is 5.41 Å². The zero-order valence-corrected chi connectivity index (χ0v) is 13.0. The van der Waals surface area contributed by atoms with Crippen LogP contribution in [-0.4, -0.2) is 61.1 Å². The van der Waals surface area contributed by atoms with E-state index in [0.29, 0.717) is 32.2 Å². The van der Waals surface area contributed by atoms with Crippen molar-refractivity contribution < 1.29 is 23.1 Å². The first-order chi connectivity index (χ1) is 9.72. The van der Waals surface area contributed by atoms with E-state index in [1.807, 2.05) is 0 Å². The Morgan fingerprint density at radius 3 is 2.67 bits per heavy atom. The number of carboxylic acid groups (broad SMARTS) is 1. The fourth-order valence-corrected chi connectivity index (χ4v) is 4.63. The highest BCUT2D eigenvalue weighted by Crippen LogP contribution is 2.29. The third-order valence-electron chi connectivity index (χ3n) is 4.29. The molecule has 7 nitrogen and oxygen atoms in total. The molecule has 0 saturated carbocycles. The summed E-state index contributed by atoms with van der Waals surface area (Å²) in [6.07, 6.45) is 2.39. The summed E-state index contributed by atoms with van der Waals surface area (Å²) in [4.78, 5) is 25.0. The molecule has 2 unspecified atom stereocenters. The van der Waals surface area contributed by atoms with Gasteiger partial charge < -0.3 is 15.3 Å². The van der Waals surface area contributed by atoms with E-state index in [1.54, 1.807) is 6.92 Å². The molecule has 0 spiro atoms. The molecule has 0 aromatic heterocycles. The SMILES string of the molecule is CC1(C(=O)O)CCCN(C(=O)NC2CCCS(=O)(=O)C2)C1. The third-order valence-corrected chi connectivity index (χ3v) is 6.11. The second-order valence-corrected chi connectivity index (χ2v) is 8.52. The maximum Gasteiger partial charge on any atom is 0.317 e. The summed E-state index contributed by atoms with van der Waals surface area (Å²) in [5.41, 5.74) is -0.922. The molecule has 2 N–H and O–H groups in total. The van der Waals surface area contributed by atoms with Crippen LogP contribution < -0.4 is 5.32 Å². The molecule has 2 saturated heterocycles. The molecule has 0 bridgehead atoms. The van der Waals surface area contributed by atoms with Crippen molar-refractivity contribution in [3.8, 4) is 0 Å². The van der Waals surface area contributed by atoms with Crippen LogP contribution in [0.5, 0.6) is 0 Å². The Balaban J connectivity index is 1.95. The van der Waals surface area contributed by atoms with Gasteiger partial charge in [-0.3, -0.25) is 4.79 Å². The van der Waals surface area contributed by atoms with E-state index in [9.17, 15) is 23.1 Å². The van der Waals surface area contributed by atoms with Crippen LogP contribution in [-0.2, 0) is 14.6 Å². The van der Waals surface area contributed by atoms with Crippen molar-refractivity contribution in [1.82, 2.24) is 10.2 Å². The predicted octanol–water partition coefficient (Wildman–Crippen LogP) is 0.460. The molecule has 2 atom stereocenters. The number of nitrogens with zero attached hydrogens (tertiary/aromatic N) is 1. The van der Waals surface area contributed by atoms with Crippen LogP contribution in [0, 0.1) is 5.41 Å². The van der Waals surface area contributed by atoms with E-state index >= 15 is 0 Å². The Hall–Kier alpha value is -1.31. The number of urea groups is 1. The number of carbonyl (C=O) groups is 2. The first-order valence-corrected chi connectivity index (χ1v) is 9.03. The number of nitrogens with one attached hydrogen (secondary N) is 1. The van der Waals surface area contributed by atoms with Crippen LogP contribution >= 0.6 is 0 Å². The molecule has 2 aliphatic rings. The highest BCUT2D eigenvalue weighted by atomic mass is 32.2. The molecule has 2 aliphatic heterocycles. The van der Waals surface area contributed by atoms with Gasteiger partial charge in [-0.05, 0) is 32.6 Å². The van der Waals surface area contributed by atoms with Crippen molar-refractivity contribution >= 4 is 21.8 Å². The molecule has 0 aliphatic carbocycles. The van der Waals surface area contributed by atoms with E-state index in [0.717, 1.165) is 0 Å². The Morgan fingerprint density at radius 2 is 2.05 bits per heavy atom. The number of rotatable bonds is 2. The highest BCUT2D eigenvalue weighted by Gasteiger charge is 2.40. The summed E-state index contributed by atoms with van der Waals surface area (Å²) in [6, 6.07) is -0.724. The zero-order valence-electron chi connectivity index (χ0n) is 12.2. The Labute approximate surface area is 124 Å². The Morgan fingerprint density at radius 1 is 1.33 bits per heavy atom. The molecule has 0 radical (unpaired) electrons. The lowest BCUT2D eigenvalue weighted by molar-refractivity contribution is -0.150. The van der Waals surface area contributed by atoms with Crippen LogP contribution in [0.3, 0.4) is 0 Å². The van der Waals surface area contributed by atoms with E-state index in [4.69, 9.17) is 0 Å². The summed E-state index contributed by atoms with van der Waals surface area (Å²) in [7, 11) is -3.07. The van der Waals surface area contributed by atoms with E-state index in [-0.39, 0.29) is 30.1 Å². The Bertz CT molecular complexity index is 533. The lowest BCUT2D eigenvalue weighted by Crippen LogP contribution is -2.54. The number of piperidine rings is 1. The fraction of sp³-hybridized carbons (Fsp3) is 0.846. The van der Waals surface area contributed by atoms with Gasteiger partial charge in [0.15, 0.2) is 9.84 Å². The topological polar surface area (TPSA) is 104 Å². The van der Waals surface area contributed by atoms with Crippen LogP contribution in [0.1, 0.15) is 32.6 Å². The molecular weight excluding hydrogens is 296 g/mol. The fourth-order valence-electron chi connectivity index (χ4n) is 2.99. The minimum atomic E-state index is -3.07. The van der Waals surface area contributed by atoms with Gasteiger partial charge in [-0.2, -0.15) is 0 Å². The summed E-state index contributed by atoms with van der Waals surface area (Å²) in [5, 5.41) is 12.0. The first kappa shape index (κ1) is 16.1. The number of sulfone groups is 1. The van der Waals surface area contributed by atoms with Crippen LogP contribution in [0.25, 0.3) is 0 Å². The van der Waals surface area contributed by atoms with Gasteiger partial charge in [0, 0.05) is 19.1 Å². The van der Waals surface area contributed by atoms with Gasteiger partial charge in [-0.15, -0.1) is 0 Å². The summed E-state index contributed by atoms with van der Waals surface area (Å²) < 4.78 is 23.1. The van der Waals surface area contributed by atoms with Gasteiger partial charge in [0.05, 0.1) is 16.9 Å². The average Bonchev–Trinajstić information content (AvgIpc) is 2.37. The van der Waals surface area contributed by atoms with Crippen LogP contribution in [0.4, 0.5) is 4.79 Å². The number of carboxylic acids is 1. The number of aliphatic carboxylic acids is 1. The Kier molecular flexibility index (Phi) is 4.46. The standard InChI is InChI=1S/C13H22N2O5S/c1-13(11(16)17)5-3-6-15(9-13)12(18)14-10-4-2-7-21(19,20)8-10/h10H,2-9H2,1H3,(H,14,18)(H,16,17). The number of hydrogen-bond donors (Lipinski definition) is 2. The molecular formula is C13H22N2O5S. The molecule has 0 aromatic rings. The van der Waals surface area contributed by atoms with Gasteiger partial charge in [0.1, 0.15) is 0 Å². The van der Waals surface area contributed by atoms with Crippen LogP contribution in [0.2, 0.25) is 0 Å². The smallest absolute Gasteiger partial charge is 0.317 e. The second kappa shape index (κ2) is 5.82. The molecule has 0 aromatic carbocycles. The van der Waals surface area contributed by atoms with Crippen molar-refractivity contribution in [2.45, 2.75) is 38.6 Å². The monoisotopic (exact) mass is 318 g/mol. The van der Waals surface area contributed by atoms with Gasteiger partial charge >= 0.3 is 12.0 Å². The molecule has 2 amide bonds. The second-order valence-electron chi connectivity index (χ2n) is 6.29. The summed E-state index contributed by atoms with van der Waals surface area (Å²) >= 11 is 0. The third kappa shape index (κ3) is 3.87. The average molecular weight is 318 g/mol. The normalized spacial score (nSPS) is 32.4. The van der Waals surface area contributed by atoms with E-state index < -0.39 is 21.2 Å². The molecule has 21 heavy (non-hydrogen) atoms. The number of carbonyl (C=O) groups excluding carboxylic acids is 1. The minimum absolute atomic E-state index is 0.0250. The van der Waals surface area contributed by atoms with Crippen molar-refractivity contribution in [3.05, 3.63) is 0 Å².